The standard InChI is InChI=1S/C25H22F3N3O4S/c1-4-34-20(32)14-35-23(33)21-15(2)31(19-7-5-6-18(12-19)25(26,27)28)24(36-3)30-22(21)17-10-8-16(13-29)9-11-17/h5-12,22H,4,14H2,1-3H3. The Morgan fingerprint density at radius 2 is 1.86 bits per heavy atom. The average molecular weight is 518 g/mol. The van der Waals surface area contributed by atoms with Crippen LogP contribution in [0.25, 0.3) is 0 Å². The van der Waals surface area contributed by atoms with Crippen LogP contribution in [0, 0.1) is 11.3 Å². The highest BCUT2D eigenvalue weighted by Crippen LogP contribution is 2.40. The van der Waals surface area contributed by atoms with E-state index in [2.05, 4.69) is 4.99 Å². The number of anilines is 1. The number of benzene rings is 2. The molecular weight excluding hydrogens is 495 g/mol. The van der Waals surface area contributed by atoms with Gasteiger partial charge in [-0.1, -0.05) is 30.0 Å². The van der Waals surface area contributed by atoms with Crippen LogP contribution >= 0.6 is 11.8 Å². The first kappa shape index (κ1) is 26.8. The normalized spacial score (nSPS) is 15.8. The number of amidine groups is 1. The summed E-state index contributed by atoms with van der Waals surface area (Å²) in [6, 6.07) is 12.2. The molecule has 0 N–H and O–H groups in total. The number of aliphatic imine (C=N–C) groups is 1. The van der Waals surface area contributed by atoms with Gasteiger partial charge in [0.05, 0.1) is 29.4 Å². The van der Waals surface area contributed by atoms with Crippen LogP contribution in [0.15, 0.2) is 64.8 Å². The number of rotatable bonds is 6. The molecule has 3 rings (SSSR count). The quantitative estimate of drug-likeness (QED) is 0.484. The summed E-state index contributed by atoms with van der Waals surface area (Å²) in [7, 11) is 0. The molecule has 188 valence electrons. The molecule has 0 aromatic heterocycles. The Labute approximate surface area is 210 Å². The van der Waals surface area contributed by atoms with Crippen molar-refractivity contribution in [2.24, 2.45) is 4.99 Å². The smallest absolute Gasteiger partial charge is 0.416 e. The number of nitrogens with zero attached hydrogens (tertiary/aromatic N) is 3. The van der Waals surface area contributed by atoms with Gasteiger partial charge < -0.3 is 9.47 Å². The zero-order valence-corrected chi connectivity index (χ0v) is 20.4. The fraction of sp³-hybridized carbons (Fsp3) is 0.280. The highest BCUT2D eigenvalue weighted by Gasteiger charge is 2.36. The Hall–Kier alpha value is -3.78. The highest BCUT2D eigenvalue weighted by molar-refractivity contribution is 8.13. The fourth-order valence-corrected chi connectivity index (χ4v) is 4.25. The lowest BCUT2D eigenvalue weighted by Crippen LogP contribution is -2.35. The number of allylic oxidation sites excluding steroid dienone is 1. The summed E-state index contributed by atoms with van der Waals surface area (Å²) in [4.78, 5) is 31.1. The molecule has 0 fully saturated rings. The minimum absolute atomic E-state index is 0.0409. The third-order valence-corrected chi connectivity index (χ3v) is 5.90. The third-order valence-electron chi connectivity index (χ3n) is 5.25. The van der Waals surface area contributed by atoms with Crippen molar-refractivity contribution in [3.63, 3.8) is 0 Å². The van der Waals surface area contributed by atoms with Crippen molar-refractivity contribution in [1.29, 1.82) is 5.26 Å². The van der Waals surface area contributed by atoms with E-state index in [4.69, 9.17) is 14.7 Å². The zero-order valence-electron chi connectivity index (χ0n) is 19.6. The van der Waals surface area contributed by atoms with Crippen molar-refractivity contribution in [1.82, 2.24) is 0 Å². The van der Waals surface area contributed by atoms with Crippen LogP contribution in [0.2, 0.25) is 0 Å². The molecule has 0 saturated heterocycles. The number of halogens is 3. The van der Waals surface area contributed by atoms with Gasteiger partial charge >= 0.3 is 18.1 Å². The first-order valence-electron chi connectivity index (χ1n) is 10.7. The van der Waals surface area contributed by atoms with Crippen LogP contribution < -0.4 is 4.90 Å². The Morgan fingerprint density at radius 1 is 1.17 bits per heavy atom. The molecule has 1 aliphatic rings. The number of hydrogen-bond acceptors (Lipinski definition) is 8. The van der Waals surface area contributed by atoms with Gasteiger partial charge in [0.25, 0.3) is 0 Å². The van der Waals surface area contributed by atoms with Gasteiger partial charge in [-0.25, -0.2) is 14.6 Å². The topological polar surface area (TPSA) is 92.0 Å². The summed E-state index contributed by atoms with van der Waals surface area (Å²) in [5.41, 5.74) is 0.599. The van der Waals surface area contributed by atoms with Gasteiger partial charge in [0.1, 0.15) is 6.04 Å². The zero-order chi connectivity index (χ0) is 26.5. The van der Waals surface area contributed by atoms with Crippen molar-refractivity contribution in [2.75, 3.05) is 24.4 Å². The first-order chi connectivity index (χ1) is 17.1. The molecule has 0 aliphatic carbocycles. The Bertz CT molecular complexity index is 1250. The summed E-state index contributed by atoms with van der Waals surface area (Å²) < 4.78 is 50.2. The average Bonchev–Trinajstić information content (AvgIpc) is 2.86. The number of ether oxygens (including phenoxy) is 2. The molecule has 2 aromatic rings. The fourth-order valence-electron chi connectivity index (χ4n) is 3.61. The van der Waals surface area contributed by atoms with E-state index in [0.717, 1.165) is 12.1 Å². The lowest BCUT2D eigenvalue weighted by molar-refractivity contribution is -0.156. The maximum atomic E-state index is 13.4. The number of esters is 2. The van der Waals surface area contributed by atoms with Crippen molar-refractivity contribution in [3.8, 4) is 6.07 Å². The Kier molecular flexibility index (Phi) is 8.42. The molecule has 1 unspecified atom stereocenters. The number of hydrogen-bond donors (Lipinski definition) is 0. The van der Waals surface area contributed by atoms with Crippen LogP contribution in [0.3, 0.4) is 0 Å². The van der Waals surface area contributed by atoms with E-state index in [9.17, 15) is 22.8 Å². The van der Waals surface area contributed by atoms with Gasteiger partial charge in [-0.2, -0.15) is 18.4 Å². The Balaban J connectivity index is 2.12. The number of alkyl halides is 3. The predicted octanol–water partition coefficient (Wildman–Crippen LogP) is 5.24. The Morgan fingerprint density at radius 3 is 2.44 bits per heavy atom. The van der Waals surface area contributed by atoms with E-state index in [1.165, 1.54) is 28.8 Å². The third kappa shape index (κ3) is 5.88. The maximum Gasteiger partial charge on any atom is 0.416 e. The van der Waals surface area contributed by atoms with Crippen molar-refractivity contribution in [2.45, 2.75) is 26.1 Å². The monoisotopic (exact) mass is 517 g/mol. The minimum Gasteiger partial charge on any atom is -0.463 e. The van der Waals surface area contributed by atoms with Crippen molar-refractivity contribution < 1.29 is 32.2 Å². The number of carbonyl (C=O) groups excluding carboxylic acids is 2. The van der Waals surface area contributed by atoms with Gasteiger partial charge in [-0.05, 0) is 56.0 Å². The van der Waals surface area contributed by atoms with Gasteiger partial charge in [0, 0.05) is 11.4 Å². The first-order valence-corrected chi connectivity index (χ1v) is 12.0. The second-order valence-electron chi connectivity index (χ2n) is 7.52. The lowest BCUT2D eigenvalue weighted by Gasteiger charge is -2.34. The molecule has 2 aromatic carbocycles. The number of carbonyl (C=O) groups is 2. The van der Waals surface area contributed by atoms with Gasteiger partial charge in [-0.3, -0.25) is 4.90 Å². The molecule has 1 atom stereocenters. The molecule has 0 saturated carbocycles. The van der Waals surface area contributed by atoms with E-state index in [0.29, 0.717) is 16.3 Å². The highest BCUT2D eigenvalue weighted by atomic mass is 32.2. The molecule has 1 aliphatic heterocycles. The van der Waals surface area contributed by atoms with Gasteiger partial charge in [-0.15, -0.1) is 0 Å². The van der Waals surface area contributed by atoms with Crippen LogP contribution in [-0.2, 0) is 25.2 Å². The molecule has 0 bridgehead atoms. The molecule has 0 spiro atoms. The number of thioether (sulfide) groups is 1. The van der Waals surface area contributed by atoms with Crippen molar-refractivity contribution >= 4 is 34.6 Å². The summed E-state index contributed by atoms with van der Waals surface area (Å²) >= 11 is 1.19. The molecule has 0 radical (unpaired) electrons. The summed E-state index contributed by atoms with van der Waals surface area (Å²) in [6.45, 7) is 2.66. The predicted molar refractivity (Wildman–Crippen MR) is 129 cm³/mol. The van der Waals surface area contributed by atoms with Crippen LogP contribution in [-0.4, -0.2) is 36.6 Å². The second-order valence-corrected chi connectivity index (χ2v) is 8.29. The number of nitriles is 1. The summed E-state index contributed by atoms with van der Waals surface area (Å²) in [5.74, 6) is -1.60. The van der Waals surface area contributed by atoms with Crippen molar-refractivity contribution in [3.05, 3.63) is 76.5 Å². The largest absolute Gasteiger partial charge is 0.463 e. The lowest BCUT2D eigenvalue weighted by atomic mass is 9.95. The van der Waals surface area contributed by atoms with Crippen LogP contribution in [0.1, 0.15) is 36.6 Å². The second kappa shape index (κ2) is 11.3. The van der Waals surface area contributed by atoms with Crippen LogP contribution in [0.4, 0.5) is 18.9 Å². The van der Waals surface area contributed by atoms with E-state index < -0.39 is 36.3 Å². The molecule has 36 heavy (non-hydrogen) atoms. The van der Waals surface area contributed by atoms with E-state index in [1.54, 1.807) is 44.4 Å². The molecule has 0 amide bonds. The molecular formula is C25H22F3N3O4S. The SMILES string of the molecule is CCOC(=O)COC(=O)C1=C(C)N(c2cccc(C(F)(F)F)c2)C(SC)=NC1c1ccc(C#N)cc1. The summed E-state index contributed by atoms with van der Waals surface area (Å²) in [5, 5.41) is 9.46. The molecule has 7 nitrogen and oxygen atoms in total. The van der Waals surface area contributed by atoms with E-state index >= 15 is 0 Å². The summed E-state index contributed by atoms with van der Waals surface area (Å²) in [6.07, 6.45) is -2.85. The maximum absolute atomic E-state index is 13.4. The molecule has 1 heterocycles. The van der Waals surface area contributed by atoms with E-state index in [1.807, 2.05) is 6.07 Å². The van der Waals surface area contributed by atoms with Gasteiger partial charge in [0.15, 0.2) is 11.8 Å². The van der Waals surface area contributed by atoms with Gasteiger partial charge in [0.2, 0.25) is 0 Å². The van der Waals surface area contributed by atoms with Crippen LogP contribution in [0.5, 0.6) is 0 Å². The minimum atomic E-state index is -4.56. The van der Waals surface area contributed by atoms with E-state index in [-0.39, 0.29) is 23.6 Å². The molecule has 11 heteroatoms.